The van der Waals surface area contributed by atoms with Crippen molar-refractivity contribution in [3.05, 3.63) is 24.2 Å². The Morgan fingerprint density at radius 2 is 2.33 bits per heavy atom. The number of furan rings is 1. The van der Waals surface area contributed by atoms with Crippen molar-refractivity contribution < 1.29 is 13.2 Å². The quantitative estimate of drug-likeness (QED) is 0.760. The van der Waals surface area contributed by atoms with Crippen molar-refractivity contribution in [2.45, 2.75) is 25.3 Å². The van der Waals surface area contributed by atoms with Gasteiger partial charge in [-0.3, -0.25) is 0 Å². The van der Waals surface area contributed by atoms with Crippen LogP contribution in [0.2, 0.25) is 0 Å². The van der Waals surface area contributed by atoms with Crippen molar-refractivity contribution in [2.24, 2.45) is 5.73 Å². The second-order valence-electron chi connectivity index (χ2n) is 3.11. The van der Waals surface area contributed by atoms with Gasteiger partial charge in [0.1, 0.15) is 0 Å². The lowest BCUT2D eigenvalue weighted by atomic mass is 9.96. The molecule has 0 aliphatic rings. The highest BCUT2D eigenvalue weighted by molar-refractivity contribution is 5.10. The predicted molar refractivity (Wildman–Crippen MR) is 41.0 cm³/mol. The molecular formula is C8H11F2NO. The first-order valence-electron chi connectivity index (χ1n) is 3.60. The van der Waals surface area contributed by atoms with E-state index < -0.39 is 12.0 Å². The van der Waals surface area contributed by atoms with E-state index in [0.717, 1.165) is 0 Å². The third-order valence-corrected chi connectivity index (χ3v) is 1.66. The lowest BCUT2D eigenvalue weighted by Crippen LogP contribution is -2.45. The molecular weight excluding hydrogens is 164 g/mol. The third-order valence-electron chi connectivity index (χ3n) is 1.66. The van der Waals surface area contributed by atoms with Gasteiger partial charge in [-0.25, -0.2) is 8.78 Å². The van der Waals surface area contributed by atoms with Crippen LogP contribution in [0.25, 0.3) is 0 Å². The maximum atomic E-state index is 12.2. The molecule has 1 rings (SSSR count). The topological polar surface area (TPSA) is 39.2 Å². The van der Waals surface area contributed by atoms with Crippen LogP contribution in [0.5, 0.6) is 0 Å². The van der Waals surface area contributed by atoms with E-state index in [4.69, 9.17) is 10.2 Å². The van der Waals surface area contributed by atoms with Crippen LogP contribution < -0.4 is 5.73 Å². The lowest BCUT2D eigenvalue weighted by molar-refractivity contribution is 0.0638. The first-order valence-corrected chi connectivity index (χ1v) is 3.60. The minimum Gasteiger partial charge on any atom is -0.472 e. The summed E-state index contributed by atoms with van der Waals surface area (Å²) in [5.74, 6) is 0. The molecule has 0 aliphatic carbocycles. The van der Waals surface area contributed by atoms with Gasteiger partial charge in [-0.15, -0.1) is 0 Å². The molecule has 0 saturated heterocycles. The lowest BCUT2D eigenvalue weighted by Gasteiger charge is -2.22. The zero-order chi connectivity index (χ0) is 9.19. The molecule has 1 aromatic rings. The monoisotopic (exact) mass is 175 g/mol. The van der Waals surface area contributed by atoms with E-state index in [-0.39, 0.29) is 6.42 Å². The molecule has 0 aliphatic heterocycles. The molecule has 4 heteroatoms. The fourth-order valence-corrected chi connectivity index (χ4v) is 0.910. The first-order chi connectivity index (χ1) is 5.52. The number of alkyl halides is 2. The Hall–Kier alpha value is -0.900. The van der Waals surface area contributed by atoms with E-state index in [1.807, 2.05) is 0 Å². The molecule has 68 valence electrons. The normalized spacial score (nSPS) is 16.4. The summed E-state index contributed by atoms with van der Waals surface area (Å²) in [5.41, 5.74) is 4.59. The van der Waals surface area contributed by atoms with Crippen molar-refractivity contribution >= 4 is 0 Å². The SMILES string of the molecule is CC(N)(Cc1ccoc1)C(F)F. The van der Waals surface area contributed by atoms with Crippen molar-refractivity contribution in [1.29, 1.82) is 0 Å². The van der Waals surface area contributed by atoms with Gasteiger partial charge in [0, 0.05) is 0 Å². The van der Waals surface area contributed by atoms with Crippen molar-refractivity contribution in [3.8, 4) is 0 Å². The highest BCUT2D eigenvalue weighted by atomic mass is 19.3. The van der Waals surface area contributed by atoms with Gasteiger partial charge in [0.25, 0.3) is 6.43 Å². The van der Waals surface area contributed by atoms with Gasteiger partial charge >= 0.3 is 0 Å². The van der Waals surface area contributed by atoms with E-state index >= 15 is 0 Å². The van der Waals surface area contributed by atoms with Crippen LogP contribution in [-0.4, -0.2) is 12.0 Å². The number of halogens is 2. The highest BCUT2D eigenvalue weighted by Crippen LogP contribution is 2.18. The zero-order valence-electron chi connectivity index (χ0n) is 6.76. The van der Waals surface area contributed by atoms with E-state index in [2.05, 4.69) is 0 Å². The molecule has 0 bridgehead atoms. The Morgan fingerprint density at radius 1 is 1.67 bits per heavy atom. The molecule has 1 aromatic heterocycles. The Bertz CT molecular complexity index is 231. The summed E-state index contributed by atoms with van der Waals surface area (Å²) in [6.07, 6.45) is 0.471. The Morgan fingerprint density at radius 3 is 2.75 bits per heavy atom. The summed E-state index contributed by atoms with van der Waals surface area (Å²) >= 11 is 0. The van der Waals surface area contributed by atoms with Crippen LogP contribution in [0.15, 0.2) is 23.0 Å². The average molecular weight is 175 g/mol. The van der Waals surface area contributed by atoms with Gasteiger partial charge in [0.2, 0.25) is 0 Å². The van der Waals surface area contributed by atoms with E-state index in [9.17, 15) is 8.78 Å². The number of nitrogens with two attached hydrogens (primary N) is 1. The summed E-state index contributed by atoms with van der Waals surface area (Å²) in [6, 6.07) is 1.63. The fourth-order valence-electron chi connectivity index (χ4n) is 0.910. The van der Waals surface area contributed by atoms with Crippen LogP contribution in [-0.2, 0) is 6.42 Å². The van der Waals surface area contributed by atoms with Gasteiger partial charge in [-0.2, -0.15) is 0 Å². The minimum absolute atomic E-state index is 0.126. The molecule has 0 saturated carbocycles. The van der Waals surface area contributed by atoms with Gasteiger partial charge in [0.05, 0.1) is 18.1 Å². The Balaban J connectivity index is 2.62. The van der Waals surface area contributed by atoms with Crippen LogP contribution in [0.3, 0.4) is 0 Å². The summed E-state index contributed by atoms with van der Waals surface area (Å²) in [4.78, 5) is 0. The highest BCUT2D eigenvalue weighted by Gasteiger charge is 2.30. The average Bonchev–Trinajstić information content (AvgIpc) is 2.38. The second-order valence-corrected chi connectivity index (χ2v) is 3.11. The van der Waals surface area contributed by atoms with Gasteiger partial charge < -0.3 is 10.2 Å². The second kappa shape index (κ2) is 3.23. The number of rotatable bonds is 3. The molecule has 2 nitrogen and oxygen atoms in total. The van der Waals surface area contributed by atoms with E-state index in [1.165, 1.54) is 19.5 Å². The largest absolute Gasteiger partial charge is 0.472 e. The fraction of sp³-hybridized carbons (Fsp3) is 0.500. The Labute approximate surface area is 69.4 Å². The molecule has 1 atom stereocenters. The van der Waals surface area contributed by atoms with E-state index in [0.29, 0.717) is 5.56 Å². The molecule has 0 aromatic carbocycles. The molecule has 2 N–H and O–H groups in total. The van der Waals surface area contributed by atoms with Gasteiger partial charge in [-0.05, 0) is 25.0 Å². The minimum atomic E-state index is -2.52. The predicted octanol–water partition coefficient (Wildman–Crippen LogP) is 1.80. The maximum Gasteiger partial charge on any atom is 0.256 e. The maximum absolute atomic E-state index is 12.2. The summed E-state index contributed by atoms with van der Waals surface area (Å²) in [5, 5.41) is 0. The van der Waals surface area contributed by atoms with Crippen LogP contribution in [0.1, 0.15) is 12.5 Å². The molecule has 0 spiro atoms. The van der Waals surface area contributed by atoms with Crippen molar-refractivity contribution in [3.63, 3.8) is 0 Å². The van der Waals surface area contributed by atoms with Crippen LogP contribution >= 0.6 is 0 Å². The molecule has 0 fully saturated rings. The smallest absolute Gasteiger partial charge is 0.256 e. The van der Waals surface area contributed by atoms with Gasteiger partial charge in [-0.1, -0.05) is 0 Å². The Kier molecular flexibility index (Phi) is 2.47. The molecule has 1 unspecified atom stereocenters. The van der Waals surface area contributed by atoms with Crippen molar-refractivity contribution in [1.82, 2.24) is 0 Å². The summed E-state index contributed by atoms with van der Waals surface area (Å²) < 4.78 is 29.2. The molecule has 1 heterocycles. The molecule has 12 heavy (non-hydrogen) atoms. The van der Waals surface area contributed by atoms with E-state index in [1.54, 1.807) is 6.07 Å². The zero-order valence-corrected chi connectivity index (χ0v) is 6.76. The van der Waals surface area contributed by atoms with Gasteiger partial charge in [0.15, 0.2) is 0 Å². The third kappa shape index (κ3) is 2.04. The van der Waals surface area contributed by atoms with Crippen LogP contribution in [0.4, 0.5) is 8.78 Å². The summed E-state index contributed by atoms with van der Waals surface area (Å²) in [7, 11) is 0. The van der Waals surface area contributed by atoms with Crippen molar-refractivity contribution in [2.75, 3.05) is 0 Å². The van der Waals surface area contributed by atoms with Crippen LogP contribution in [0, 0.1) is 0 Å². The molecule has 0 amide bonds. The first kappa shape index (κ1) is 9.19. The molecule has 0 radical (unpaired) electrons. The number of hydrogen-bond acceptors (Lipinski definition) is 2. The summed E-state index contributed by atoms with van der Waals surface area (Å²) in [6.45, 7) is 1.32. The standard InChI is InChI=1S/C8H11F2NO/c1-8(11,7(9)10)4-6-2-3-12-5-6/h2-3,5,7H,4,11H2,1H3. The number of hydrogen-bond donors (Lipinski definition) is 1.